The number of hydrogen-bond acceptors (Lipinski definition) is 1. The van der Waals surface area contributed by atoms with Crippen LogP contribution in [-0.4, -0.2) is 11.2 Å². The fourth-order valence-corrected chi connectivity index (χ4v) is 2.90. The van der Waals surface area contributed by atoms with Gasteiger partial charge in [-0.2, -0.15) is 0 Å². The predicted molar refractivity (Wildman–Crippen MR) is 65.7 cm³/mol. The van der Waals surface area contributed by atoms with E-state index in [9.17, 15) is 9.50 Å². The van der Waals surface area contributed by atoms with Crippen LogP contribution in [0.1, 0.15) is 25.3 Å². The zero-order chi connectivity index (χ0) is 11.7. The van der Waals surface area contributed by atoms with E-state index in [1.807, 2.05) is 6.07 Å². The summed E-state index contributed by atoms with van der Waals surface area (Å²) in [4.78, 5) is 0. The second-order valence-corrected chi connectivity index (χ2v) is 5.62. The van der Waals surface area contributed by atoms with Crippen LogP contribution < -0.4 is 0 Å². The van der Waals surface area contributed by atoms with Crippen molar-refractivity contribution in [3.05, 3.63) is 34.1 Å². The van der Waals surface area contributed by atoms with Gasteiger partial charge in [0.2, 0.25) is 0 Å². The molecule has 1 aromatic carbocycles. The van der Waals surface area contributed by atoms with E-state index in [2.05, 4.69) is 22.9 Å². The van der Waals surface area contributed by atoms with E-state index in [4.69, 9.17) is 0 Å². The van der Waals surface area contributed by atoms with E-state index < -0.39 is 0 Å². The van der Waals surface area contributed by atoms with Crippen LogP contribution in [0.25, 0.3) is 0 Å². The molecule has 3 atom stereocenters. The number of halogens is 2. The first kappa shape index (κ1) is 12.1. The van der Waals surface area contributed by atoms with Crippen LogP contribution in [0.4, 0.5) is 4.39 Å². The molecule has 0 radical (unpaired) electrons. The van der Waals surface area contributed by atoms with Crippen LogP contribution in [0, 0.1) is 17.7 Å². The van der Waals surface area contributed by atoms with Gasteiger partial charge in [-0.25, -0.2) is 4.39 Å². The lowest BCUT2D eigenvalue weighted by atomic mass is 9.90. The third-order valence-corrected chi connectivity index (χ3v) is 4.17. The van der Waals surface area contributed by atoms with Crippen molar-refractivity contribution in [3.8, 4) is 0 Å². The zero-order valence-corrected chi connectivity index (χ0v) is 10.9. The predicted octanol–water partition coefficient (Wildman–Crippen LogP) is 3.54. The summed E-state index contributed by atoms with van der Waals surface area (Å²) in [6.45, 7) is 2.05. The molecule has 1 N–H and O–H groups in total. The molecule has 2 rings (SSSR count). The highest BCUT2D eigenvalue weighted by atomic mass is 79.9. The van der Waals surface area contributed by atoms with Crippen molar-refractivity contribution in [1.29, 1.82) is 0 Å². The molecule has 0 aliphatic heterocycles. The highest BCUT2D eigenvalue weighted by Crippen LogP contribution is 2.34. The summed E-state index contributed by atoms with van der Waals surface area (Å²) in [7, 11) is 0. The average Bonchev–Trinajstić information content (AvgIpc) is 2.55. The van der Waals surface area contributed by atoms with Gasteiger partial charge < -0.3 is 5.11 Å². The van der Waals surface area contributed by atoms with Crippen molar-refractivity contribution in [2.45, 2.75) is 32.3 Å². The van der Waals surface area contributed by atoms with E-state index in [-0.39, 0.29) is 17.8 Å². The molecule has 3 heteroatoms. The summed E-state index contributed by atoms with van der Waals surface area (Å²) in [6.07, 6.45) is 2.36. The largest absolute Gasteiger partial charge is 0.393 e. The Morgan fingerprint density at radius 3 is 2.81 bits per heavy atom. The van der Waals surface area contributed by atoms with Crippen LogP contribution in [-0.2, 0) is 6.42 Å². The second-order valence-electron chi connectivity index (χ2n) is 4.70. The van der Waals surface area contributed by atoms with Crippen LogP contribution >= 0.6 is 15.9 Å². The Morgan fingerprint density at radius 2 is 2.19 bits per heavy atom. The van der Waals surface area contributed by atoms with E-state index in [0.717, 1.165) is 29.3 Å². The molecule has 0 spiro atoms. The van der Waals surface area contributed by atoms with Gasteiger partial charge in [0.15, 0.2) is 0 Å². The van der Waals surface area contributed by atoms with Gasteiger partial charge in [0.25, 0.3) is 0 Å². The van der Waals surface area contributed by atoms with E-state index in [1.165, 1.54) is 6.07 Å². The average molecular weight is 287 g/mol. The lowest BCUT2D eigenvalue weighted by Gasteiger charge is -2.17. The highest BCUT2D eigenvalue weighted by Gasteiger charge is 2.31. The molecule has 1 nitrogen and oxygen atoms in total. The maximum atomic E-state index is 13.6. The molecule has 0 bridgehead atoms. The molecule has 1 saturated carbocycles. The molecule has 0 heterocycles. The van der Waals surface area contributed by atoms with Crippen molar-refractivity contribution in [3.63, 3.8) is 0 Å². The molecule has 1 aliphatic carbocycles. The minimum atomic E-state index is -0.208. The number of rotatable bonds is 2. The Kier molecular flexibility index (Phi) is 3.65. The first-order valence-corrected chi connectivity index (χ1v) is 6.49. The molecule has 16 heavy (non-hydrogen) atoms. The maximum Gasteiger partial charge on any atom is 0.126 e. The number of aliphatic hydroxyl groups is 1. The molecular formula is C13H16BrFO. The number of benzene rings is 1. The van der Waals surface area contributed by atoms with Gasteiger partial charge in [0.05, 0.1) is 6.10 Å². The summed E-state index contributed by atoms with van der Waals surface area (Å²) >= 11 is 3.36. The monoisotopic (exact) mass is 286 g/mol. The van der Waals surface area contributed by atoms with Gasteiger partial charge in [-0.15, -0.1) is 0 Å². The molecule has 0 saturated heterocycles. The molecule has 1 aliphatic rings. The van der Waals surface area contributed by atoms with Crippen molar-refractivity contribution in [2.24, 2.45) is 11.8 Å². The smallest absolute Gasteiger partial charge is 0.126 e. The van der Waals surface area contributed by atoms with Crippen LogP contribution in [0.5, 0.6) is 0 Å². The standard InChI is InChI=1S/C13H16BrFO/c1-8-9(2-5-13(8)16)6-10-7-11(14)3-4-12(10)15/h3-4,7-9,13,16H,2,5-6H2,1H3. The first-order valence-electron chi connectivity index (χ1n) is 5.70. The molecule has 0 amide bonds. The van der Waals surface area contributed by atoms with E-state index in [1.54, 1.807) is 6.07 Å². The zero-order valence-electron chi connectivity index (χ0n) is 9.29. The van der Waals surface area contributed by atoms with Crippen molar-refractivity contribution in [2.75, 3.05) is 0 Å². The summed E-state index contributed by atoms with van der Waals surface area (Å²) in [5.41, 5.74) is 0.750. The van der Waals surface area contributed by atoms with Gasteiger partial charge >= 0.3 is 0 Å². The maximum absolute atomic E-state index is 13.6. The lowest BCUT2D eigenvalue weighted by Crippen LogP contribution is -2.17. The van der Waals surface area contributed by atoms with Crippen LogP contribution in [0.15, 0.2) is 22.7 Å². The van der Waals surface area contributed by atoms with E-state index in [0.29, 0.717) is 5.92 Å². The molecule has 88 valence electrons. The Morgan fingerprint density at radius 1 is 1.44 bits per heavy atom. The Labute approximate surface area is 104 Å². The first-order chi connectivity index (χ1) is 7.58. The topological polar surface area (TPSA) is 20.2 Å². The van der Waals surface area contributed by atoms with Crippen molar-refractivity contribution >= 4 is 15.9 Å². The Bertz CT molecular complexity index is 380. The van der Waals surface area contributed by atoms with Gasteiger partial charge in [-0.05, 0) is 54.9 Å². The molecular weight excluding hydrogens is 271 g/mol. The van der Waals surface area contributed by atoms with Crippen LogP contribution in [0.3, 0.4) is 0 Å². The quantitative estimate of drug-likeness (QED) is 0.882. The van der Waals surface area contributed by atoms with Gasteiger partial charge in [-0.3, -0.25) is 0 Å². The van der Waals surface area contributed by atoms with Gasteiger partial charge in [0, 0.05) is 4.47 Å². The summed E-state index contributed by atoms with van der Waals surface area (Å²) in [6, 6.07) is 5.05. The van der Waals surface area contributed by atoms with Crippen molar-refractivity contribution in [1.82, 2.24) is 0 Å². The summed E-state index contributed by atoms with van der Waals surface area (Å²) in [5.74, 6) is 0.536. The summed E-state index contributed by atoms with van der Waals surface area (Å²) in [5, 5.41) is 9.67. The third-order valence-electron chi connectivity index (χ3n) is 3.67. The van der Waals surface area contributed by atoms with Gasteiger partial charge in [0.1, 0.15) is 5.82 Å². The number of hydrogen-bond donors (Lipinski definition) is 1. The van der Waals surface area contributed by atoms with Crippen LogP contribution in [0.2, 0.25) is 0 Å². The molecule has 3 unspecified atom stereocenters. The minimum absolute atomic E-state index is 0.142. The Balaban J connectivity index is 2.12. The molecule has 1 aromatic rings. The normalized spacial score (nSPS) is 29.6. The van der Waals surface area contributed by atoms with Crippen molar-refractivity contribution < 1.29 is 9.50 Å². The SMILES string of the molecule is CC1C(O)CCC1Cc1cc(Br)ccc1F. The second kappa shape index (κ2) is 4.84. The number of aliphatic hydroxyl groups excluding tert-OH is 1. The molecule has 0 aromatic heterocycles. The fourth-order valence-electron chi connectivity index (χ4n) is 2.49. The lowest BCUT2D eigenvalue weighted by molar-refractivity contribution is 0.127. The van der Waals surface area contributed by atoms with Gasteiger partial charge in [-0.1, -0.05) is 22.9 Å². The fraction of sp³-hybridized carbons (Fsp3) is 0.538. The molecule has 1 fully saturated rings. The highest BCUT2D eigenvalue weighted by molar-refractivity contribution is 9.10. The Hall–Kier alpha value is -0.410. The summed E-state index contributed by atoms with van der Waals surface area (Å²) < 4.78 is 14.5. The third kappa shape index (κ3) is 2.46. The van der Waals surface area contributed by atoms with E-state index >= 15 is 0 Å². The minimum Gasteiger partial charge on any atom is -0.393 e.